The molecule has 0 unspecified atom stereocenters. The van der Waals surface area contributed by atoms with Crippen molar-refractivity contribution in [2.24, 2.45) is 0 Å². The molecule has 0 amide bonds. The lowest BCUT2D eigenvalue weighted by Gasteiger charge is -2.32. The molecule has 13 aromatic rings. The predicted octanol–water partition coefficient (Wildman–Crippen LogP) is 14.5. The summed E-state index contributed by atoms with van der Waals surface area (Å²) in [6, 6.07) is 72.3. The van der Waals surface area contributed by atoms with Crippen LogP contribution < -0.4 is 0 Å². The number of rotatable bonds is 5. The molecule has 4 aromatic heterocycles. The van der Waals surface area contributed by atoms with Gasteiger partial charge < -0.3 is 13.4 Å². The highest BCUT2D eigenvalue weighted by molar-refractivity contribution is 6.10. The fraction of sp³-hybridized carbons (Fsp3) is 0.0172. The molecule has 0 saturated carbocycles. The molecule has 64 heavy (non-hydrogen) atoms. The minimum atomic E-state index is -0.987. The van der Waals surface area contributed by atoms with Gasteiger partial charge in [-0.2, -0.15) is 0 Å². The summed E-state index contributed by atoms with van der Waals surface area (Å²) in [5.41, 5.74) is 12.7. The monoisotopic (exact) mass is 818 g/mol. The average molecular weight is 819 g/mol. The van der Waals surface area contributed by atoms with Crippen molar-refractivity contribution in [2.45, 2.75) is 5.41 Å². The molecule has 0 fully saturated rings. The number of furan rings is 2. The molecule has 0 spiro atoms. The maximum absolute atomic E-state index is 6.90. The summed E-state index contributed by atoms with van der Waals surface area (Å²) < 4.78 is 15.7. The van der Waals surface area contributed by atoms with Gasteiger partial charge in [0.15, 0.2) is 17.5 Å². The molecule has 14 rings (SSSR count). The van der Waals surface area contributed by atoms with Gasteiger partial charge in [-0.1, -0.05) is 146 Å². The minimum absolute atomic E-state index is 0.548. The van der Waals surface area contributed by atoms with Crippen LogP contribution in [0.1, 0.15) is 22.5 Å². The Hall–Kier alpha value is -8.61. The largest absolute Gasteiger partial charge is 0.456 e. The molecule has 1 aliphatic carbocycles. The van der Waals surface area contributed by atoms with Gasteiger partial charge in [0.25, 0.3) is 0 Å². The van der Waals surface area contributed by atoms with Crippen molar-refractivity contribution in [2.75, 3.05) is 0 Å². The van der Waals surface area contributed by atoms with Crippen molar-refractivity contribution in [3.63, 3.8) is 0 Å². The van der Waals surface area contributed by atoms with Crippen LogP contribution in [-0.2, 0) is 5.41 Å². The Balaban J connectivity index is 1.05. The third-order valence-electron chi connectivity index (χ3n) is 13.3. The molecule has 0 bridgehead atoms. The first kappa shape index (κ1) is 35.0. The maximum Gasteiger partial charge on any atom is 0.163 e. The molecule has 6 heteroatoms. The van der Waals surface area contributed by atoms with Crippen LogP contribution >= 0.6 is 0 Å². The molecule has 6 nitrogen and oxygen atoms in total. The molecule has 0 aliphatic heterocycles. The summed E-state index contributed by atoms with van der Waals surface area (Å²) in [7, 11) is 0. The summed E-state index contributed by atoms with van der Waals surface area (Å²) in [4.78, 5) is 16.5. The molecule has 0 saturated heterocycles. The molecule has 9 aromatic carbocycles. The molecular weight excluding hydrogens is 785 g/mol. The summed E-state index contributed by atoms with van der Waals surface area (Å²) in [6.07, 6.45) is 0. The van der Waals surface area contributed by atoms with E-state index >= 15 is 0 Å². The second-order valence-corrected chi connectivity index (χ2v) is 16.7. The van der Waals surface area contributed by atoms with Crippen LogP contribution in [-0.4, -0.2) is 19.5 Å². The van der Waals surface area contributed by atoms with Crippen LogP contribution in [0, 0.1) is 0 Å². The Kier molecular flexibility index (Phi) is 7.22. The molecule has 0 radical (unpaired) electrons. The summed E-state index contributed by atoms with van der Waals surface area (Å²) >= 11 is 0. The number of fused-ring (bicyclic) bond motifs is 12. The van der Waals surface area contributed by atoms with Gasteiger partial charge in [0, 0.05) is 54.7 Å². The van der Waals surface area contributed by atoms with E-state index in [9.17, 15) is 0 Å². The second kappa shape index (κ2) is 13.2. The van der Waals surface area contributed by atoms with E-state index in [-0.39, 0.29) is 0 Å². The Bertz CT molecular complexity index is 3940. The first-order valence-electron chi connectivity index (χ1n) is 21.6. The lowest BCUT2D eigenvalue weighted by molar-refractivity contribution is 0.634. The van der Waals surface area contributed by atoms with Crippen molar-refractivity contribution in [1.82, 2.24) is 19.5 Å². The quantitative estimate of drug-likeness (QED) is 0.173. The summed E-state index contributed by atoms with van der Waals surface area (Å²) in [5.74, 6) is 1.72. The fourth-order valence-electron chi connectivity index (χ4n) is 10.6. The Morgan fingerprint density at radius 3 is 1.55 bits per heavy atom. The smallest absolute Gasteiger partial charge is 0.163 e. The van der Waals surface area contributed by atoms with Crippen LogP contribution in [0.25, 0.3) is 105 Å². The SMILES string of the molecule is c1ccc2c(c1)-c1ccccc1C2(c1nc(-c2ccc(-n3c4ccccc4c4ccccc43)cc2)nc(-c2ccc3c(c2)oc2ccccc23)n1)c1cccc2c1oc1ccccc12. The van der Waals surface area contributed by atoms with E-state index in [1.54, 1.807) is 0 Å². The third-order valence-corrected chi connectivity index (χ3v) is 13.3. The van der Waals surface area contributed by atoms with E-state index in [4.69, 9.17) is 23.8 Å². The molecule has 1 aliphatic rings. The summed E-state index contributed by atoms with van der Waals surface area (Å²) in [6.45, 7) is 0. The first-order chi connectivity index (χ1) is 31.7. The van der Waals surface area contributed by atoms with Crippen molar-refractivity contribution in [3.05, 3.63) is 229 Å². The average Bonchev–Trinajstić information content (AvgIpc) is 4.11. The van der Waals surface area contributed by atoms with E-state index < -0.39 is 5.41 Å². The van der Waals surface area contributed by atoms with Gasteiger partial charge in [-0.25, -0.2) is 15.0 Å². The lowest BCUT2D eigenvalue weighted by Crippen LogP contribution is -2.32. The number of benzene rings is 9. The normalized spacial score (nSPS) is 13.1. The van der Waals surface area contributed by atoms with Gasteiger partial charge in [-0.05, 0) is 82.9 Å². The number of hydrogen-bond donors (Lipinski definition) is 0. The van der Waals surface area contributed by atoms with E-state index in [2.05, 4.69) is 180 Å². The van der Waals surface area contributed by atoms with Gasteiger partial charge in [0.2, 0.25) is 0 Å². The second-order valence-electron chi connectivity index (χ2n) is 16.7. The van der Waals surface area contributed by atoms with E-state index in [0.29, 0.717) is 17.5 Å². The lowest BCUT2D eigenvalue weighted by atomic mass is 9.71. The summed E-state index contributed by atoms with van der Waals surface area (Å²) in [5, 5.41) is 6.66. The zero-order chi connectivity index (χ0) is 41.9. The van der Waals surface area contributed by atoms with E-state index in [1.807, 2.05) is 30.3 Å². The standard InChI is InChI=1S/C58H34N4O2/c1-7-21-46-38(14-1)39-15-2-8-22-47(39)58(46,48-23-13-20-45-43-19-6-12-27-52(43)64-54(45)48)57-60-55(59-56(61-57)36-30-33-44-42-18-5-11-26-51(42)63-53(44)34-36)35-28-31-37(32-29-35)62-49-24-9-3-16-40(49)41-17-4-10-25-50(41)62/h1-34H. The Morgan fingerprint density at radius 1 is 0.359 bits per heavy atom. The van der Waals surface area contributed by atoms with Crippen molar-refractivity contribution in [3.8, 4) is 39.6 Å². The van der Waals surface area contributed by atoms with Gasteiger partial charge in [-0.15, -0.1) is 0 Å². The topological polar surface area (TPSA) is 69.9 Å². The number of para-hydroxylation sites is 5. The van der Waals surface area contributed by atoms with Gasteiger partial charge in [0.1, 0.15) is 27.7 Å². The zero-order valence-electron chi connectivity index (χ0n) is 34.2. The van der Waals surface area contributed by atoms with Crippen LogP contribution in [0.3, 0.4) is 0 Å². The van der Waals surface area contributed by atoms with Crippen molar-refractivity contribution >= 4 is 65.7 Å². The van der Waals surface area contributed by atoms with Crippen molar-refractivity contribution < 1.29 is 8.83 Å². The maximum atomic E-state index is 6.90. The highest BCUT2D eigenvalue weighted by Crippen LogP contribution is 2.57. The molecule has 0 N–H and O–H groups in total. The highest BCUT2D eigenvalue weighted by Gasteiger charge is 2.50. The van der Waals surface area contributed by atoms with Crippen LogP contribution in [0.15, 0.2) is 215 Å². The van der Waals surface area contributed by atoms with Crippen LogP contribution in [0.2, 0.25) is 0 Å². The van der Waals surface area contributed by atoms with Crippen LogP contribution in [0.5, 0.6) is 0 Å². The third kappa shape index (κ3) is 4.82. The van der Waals surface area contributed by atoms with E-state index in [1.165, 1.54) is 10.8 Å². The molecule has 4 heterocycles. The number of hydrogen-bond acceptors (Lipinski definition) is 5. The molecule has 298 valence electrons. The number of aromatic nitrogens is 4. The highest BCUT2D eigenvalue weighted by atomic mass is 16.3. The Labute approximate surface area is 366 Å². The van der Waals surface area contributed by atoms with Crippen molar-refractivity contribution in [1.29, 1.82) is 0 Å². The first-order valence-corrected chi connectivity index (χ1v) is 21.6. The minimum Gasteiger partial charge on any atom is -0.456 e. The zero-order valence-corrected chi connectivity index (χ0v) is 34.2. The predicted molar refractivity (Wildman–Crippen MR) is 257 cm³/mol. The number of nitrogens with zero attached hydrogens (tertiary/aromatic N) is 4. The van der Waals surface area contributed by atoms with Gasteiger partial charge in [-0.3, -0.25) is 0 Å². The van der Waals surface area contributed by atoms with E-state index in [0.717, 1.165) is 99.5 Å². The fourth-order valence-corrected chi connectivity index (χ4v) is 10.6. The van der Waals surface area contributed by atoms with Crippen LogP contribution in [0.4, 0.5) is 0 Å². The Morgan fingerprint density at radius 2 is 0.859 bits per heavy atom. The molecular formula is C58H34N4O2. The van der Waals surface area contributed by atoms with Gasteiger partial charge in [0.05, 0.1) is 11.0 Å². The van der Waals surface area contributed by atoms with Gasteiger partial charge >= 0.3 is 0 Å². The molecule has 0 atom stereocenters.